The molecule has 0 aromatic heterocycles. The van der Waals surface area contributed by atoms with Crippen molar-refractivity contribution < 1.29 is 69.5 Å². The van der Waals surface area contributed by atoms with Gasteiger partial charge in [0.15, 0.2) is 0 Å². The van der Waals surface area contributed by atoms with Crippen LogP contribution in [0.2, 0.25) is 0 Å². The van der Waals surface area contributed by atoms with E-state index in [1.807, 2.05) is 0 Å². The maximum Gasteiger partial charge on any atom is 2.00 e. The van der Waals surface area contributed by atoms with Crippen LogP contribution in [0.4, 0.5) is 0 Å². The Balaban J connectivity index is 0. The van der Waals surface area contributed by atoms with Crippen molar-refractivity contribution in [1.29, 1.82) is 0 Å². The normalized spacial score (nSPS) is 0. The van der Waals surface area contributed by atoms with Gasteiger partial charge in [-0.15, -0.1) is 0 Å². The molecule has 0 heterocycles. The zero-order chi connectivity index (χ0) is 0. The minimum atomic E-state index is 0. The summed E-state index contributed by atoms with van der Waals surface area (Å²) in [6.45, 7) is 0. The Labute approximate surface area is 69.3 Å². The van der Waals surface area contributed by atoms with Crippen LogP contribution >= 0.6 is 0 Å². The molecule has 0 saturated heterocycles. The summed E-state index contributed by atoms with van der Waals surface area (Å²) in [6.07, 6.45) is 0. The van der Waals surface area contributed by atoms with Crippen molar-refractivity contribution in [1.82, 2.24) is 0 Å². The molecule has 0 aromatic carbocycles. The van der Waals surface area contributed by atoms with Crippen LogP contribution < -0.4 is 0 Å². The Morgan fingerprint density at radius 3 is 0.667 bits per heavy atom. The standard InChI is InChI=1S/Cu.Ni.3O.Zn/q2*+2;3*-2;+2. The van der Waals surface area contributed by atoms with Crippen LogP contribution in [-0.2, 0) is 69.5 Å². The van der Waals surface area contributed by atoms with Crippen LogP contribution in [0.15, 0.2) is 0 Å². The van der Waals surface area contributed by atoms with E-state index in [9.17, 15) is 0 Å². The summed E-state index contributed by atoms with van der Waals surface area (Å²) < 4.78 is 0. The van der Waals surface area contributed by atoms with E-state index >= 15 is 0 Å². The third kappa shape index (κ3) is 48.9. The predicted octanol–water partition coefficient (Wildman–Crippen LogP) is -0.364. The average Bonchev–Trinajstić information content (AvgIpc) is 0. The van der Waals surface area contributed by atoms with Crippen LogP contribution in [-0.4, -0.2) is 0 Å². The topological polar surface area (TPSA) is 85.5 Å². The SMILES string of the molecule is [Cu+2].[Ni+2].[O-2].[O-2].[O-2].[Zn+2]. The maximum absolute atomic E-state index is 0. The molecule has 0 aliphatic heterocycles. The Morgan fingerprint density at radius 2 is 0.667 bits per heavy atom. The van der Waals surface area contributed by atoms with E-state index in [0.29, 0.717) is 0 Å². The third-order valence-electron chi connectivity index (χ3n) is 0. The number of hydrogen-bond acceptors (Lipinski definition) is 0. The van der Waals surface area contributed by atoms with E-state index < -0.39 is 0 Å². The molecular formula is CuNiO3Zn. The zero-order valence-electron chi connectivity index (χ0n) is 2.55. The van der Waals surface area contributed by atoms with E-state index in [-0.39, 0.29) is 69.5 Å². The smallest absolute Gasteiger partial charge is 2.00 e. The van der Waals surface area contributed by atoms with Crippen LogP contribution in [0.3, 0.4) is 0 Å². The van der Waals surface area contributed by atoms with Crippen LogP contribution in [0.25, 0.3) is 0 Å². The van der Waals surface area contributed by atoms with E-state index in [4.69, 9.17) is 0 Å². The molecule has 0 aliphatic carbocycles. The van der Waals surface area contributed by atoms with Gasteiger partial charge in [0.1, 0.15) is 0 Å². The van der Waals surface area contributed by atoms with Gasteiger partial charge in [-0.1, -0.05) is 0 Å². The van der Waals surface area contributed by atoms with Crippen molar-refractivity contribution >= 4 is 0 Å². The van der Waals surface area contributed by atoms with E-state index in [2.05, 4.69) is 0 Å². The maximum atomic E-state index is 0. The molecule has 0 fully saturated rings. The Bertz CT molecular complexity index is 10.8. The number of hydrogen-bond donors (Lipinski definition) is 0. The van der Waals surface area contributed by atoms with Gasteiger partial charge in [-0.05, 0) is 0 Å². The van der Waals surface area contributed by atoms with Crippen molar-refractivity contribution in [2.24, 2.45) is 0 Å². The van der Waals surface area contributed by atoms with Crippen LogP contribution in [0, 0.1) is 0 Å². The third-order valence-corrected chi connectivity index (χ3v) is 0. The molecule has 0 amide bonds. The molecule has 6 heteroatoms. The first-order chi connectivity index (χ1) is 0. The van der Waals surface area contributed by atoms with Crippen molar-refractivity contribution in [3.05, 3.63) is 0 Å². The van der Waals surface area contributed by atoms with Crippen molar-refractivity contribution in [3.8, 4) is 0 Å². The molecule has 0 spiro atoms. The van der Waals surface area contributed by atoms with Crippen LogP contribution in [0.5, 0.6) is 0 Å². The summed E-state index contributed by atoms with van der Waals surface area (Å²) >= 11 is 0. The molecule has 0 bridgehead atoms. The van der Waals surface area contributed by atoms with E-state index in [0.717, 1.165) is 0 Å². The fourth-order valence-corrected chi connectivity index (χ4v) is 0. The summed E-state index contributed by atoms with van der Waals surface area (Å²) in [5, 5.41) is 0. The molecule has 0 N–H and O–H groups in total. The first kappa shape index (κ1) is 139. The van der Waals surface area contributed by atoms with E-state index in [1.54, 1.807) is 0 Å². The fraction of sp³-hybridized carbons (Fsp3) is 0. The molecule has 6 heavy (non-hydrogen) atoms. The minimum absolute atomic E-state index is 0. The second-order valence-corrected chi connectivity index (χ2v) is 0. The average molecular weight is 236 g/mol. The summed E-state index contributed by atoms with van der Waals surface area (Å²) in [5.74, 6) is 0. The molecule has 0 rings (SSSR count). The van der Waals surface area contributed by atoms with Crippen molar-refractivity contribution in [2.45, 2.75) is 0 Å². The Morgan fingerprint density at radius 1 is 0.667 bits per heavy atom. The van der Waals surface area contributed by atoms with Gasteiger partial charge in [0.25, 0.3) is 0 Å². The molecule has 0 aliphatic rings. The Hall–Kier alpha value is 1.52. The van der Waals surface area contributed by atoms with Crippen molar-refractivity contribution in [3.63, 3.8) is 0 Å². The van der Waals surface area contributed by atoms with Gasteiger partial charge in [-0.2, -0.15) is 0 Å². The van der Waals surface area contributed by atoms with Crippen molar-refractivity contribution in [2.75, 3.05) is 0 Å². The second kappa shape index (κ2) is 86.2. The summed E-state index contributed by atoms with van der Waals surface area (Å²) in [6, 6.07) is 0. The van der Waals surface area contributed by atoms with Gasteiger partial charge in [-0.3, -0.25) is 0 Å². The zero-order valence-corrected chi connectivity index (χ0v) is 7.45. The van der Waals surface area contributed by atoms with Gasteiger partial charge in [-0.25, -0.2) is 0 Å². The van der Waals surface area contributed by atoms with Gasteiger partial charge in [0, 0.05) is 0 Å². The quantitative estimate of drug-likeness (QED) is 0.514. The minimum Gasteiger partial charge on any atom is -2.00 e. The van der Waals surface area contributed by atoms with Gasteiger partial charge in [0.05, 0.1) is 0 Å². The molecule has 0 aromatic rings. The molecule has 0 atom stereocenters. The first-order valence-electron chi connectivity index (χ1n) is 0. The summed E-state index contributed by atoms with van der Waals surface area (Å²) in [5.41, 5.74) is 0. The predicted molar refractivity (Wildman–Crippen MR) is 2.06 cm³/mol. The fourth-order valence-electron chi connectivity index (χ4n) is 0. The molecule has 1 radical (unpaired) electrons. The summed E-state index contributed by atoms with van der Waals surface area (Å²) in [7, 11) is 0. The molecule has 41 valence electrons. The summed E-state index contributed by atoms with van der Waals surface area (Å²) in [4.78, 5) is 0. The molecule has 0 unspecified atom stereocenters. The molecule has 0 saturated carbocycles. The molecular weight excluding hydrogens is 236 g/mol. The Kier molecular flexibility index (Phi) is 2000. The number of rotatable bonds is 0. The molecule has 3 nitrogen and oxygen atoms in total. The van der Waals surface area contributed by atoms with Gasteiger partial charge < -0.3 is 16.4 Å². The monoisotopic (exact) mass is 233 g/mol. The second-order valence-electron chi connectivity index (χ2n) is 0. The van der Waals surface area contributed by atoms with Crippen LogP contribution in [0.1, 0.15) is 0 Å². The van der Waals surface area contributed by atoms with Gasteiger partial charge in [0.2, 0.25) is 0 Å². The van der Waals surface area contributed by atoms with Gasteiger partial charge >= 0.3 is 53.0 Å². The first-order valence-corrected chi connectivity index (χ1v) is 0. The van der Waals surface area contributed by atoms with E-state index in [1.165, 1.54) is 0 Å². The largest absolute Gasteiger partial charge is 2.00 e.